The molecule has 0 spiro atoms. The average molecular weight is 832 g/mol. The zero-order valence-electron chi connectivity index (χ0n) is 35.0. The Morgan fingerprint density at radius 2 is 0.766 bits per heavy atom. The first-order chi connectivity index (χ1) is 31.8. The third-order valence-electron chi connectivity index (χ3n) is 12.7. The minimum Gasteiger partial charge on any atom is -0.309 e. The van der Waals surface area contributed by atoms with Crippen molar-refractivity contribution in [3.8, 4) is 55.6 Å². The lowest BCUT2D eigenvalue weighted by atomic mass is 9.89. The van der Waals surface area contributed by atoms with Gasteiger partial charge in [-0.3, -0.25) is 0 Å². The summed E-state index contributed by atoms with van der Waals surface area (Å²) in [6, 6.07) is 91.2. The standard InChI is InChI=1S/C62H41NS/c1-3-19-43(20-4-1)49-40-39-46(48-31-15-24-42-23-7-8-27-47(42)48)41-59(49)63(58-37-13-10-29-52(58)55-34-18-35-56-53-30-11-14-38-60(53)64-62(55)56)57-36-12-9-28-51(57)54-33-17-26-45-25-16-32-50(61(45)54)44-21-5-2-6-22-44/h1-41H. The van der Waals surface area contributed by atoms with Crippen molar-refractivity contribution in [3.63, 3.8) is 0 Å². The van der Waals surface area contributed by atoms with Gasteiger partial charge in [0.15, 0.2) is 0 Å². The van der Waals surface area contributed by atoms with Crippen LogP contribution in [-0.2, 0) is 0 Å². The number of rotatable bonds is 8. The molecule has 0 radical (unpaired) electrons. The van der Waals surface area contributed by atoms with Crippen LogP contribution in [0.4, 0.5) is 17.1 Å². The minimum atomic E-state index is 1.10. The summed E-state index contributed by atoms with van der Waals surface area (Å²) in [5.41, 5.74) is 15.1. The minimum absolute atomic E-state index is 1.10. The van der Waals surface area contributed by atoms with Crippen LogP contribution in [0.3, 0.4) is 0 Å². The summed E-state index contributed by atoms with van der Waals surface area (Å²) in [5, 5.41) is 7.48. The Labute approximate surface area is 377 Å². The summed E-state index contributed by atoms with van der Waals surface area (Å²) in [5.74, 6) is 0. The van der Waals surface area contributed by atoms with Crippen LogP contribution in [0.5, 0.6) is 0 Å². The molecule has 1 heterocycles. The number of thiophene rings is 1. The Morgan fingerprint density at radius 3 is 1.52 bits per heavy atom. The fourth-order valence-corrected chi connectivity index (χ4v) is 11.0. The van der Waals surface area contributed by atoms with Crippen LogP contribution in [0.2, 0.25) is 0 Å². The van der Waals surface area contributed by atoms with Gasteiger partial charge in [0, 0.05) is 42.4 Å². The molecule has 0 unspecified atom stereocenters. The first-order valence-corrected chi connectivity index (χ1v) is 22.7. The number of para-hydroxylation sites is 2. The number of anilines is 3. The van der Waals surface area contributed by atoms with E-state index in [2.05, 4.69) is 254 Å². The van der Waals surface area contributed by atoms with E-state index in [1.807, 2.05) is 11.3 Å². The van der Waals surface area contributed by atoms with E-state index < -0.39 is 0 Å². The molecule has 0 aliphatic heterocycles. The zero-order chi connectivity index (χ0) is 42.4. The predicted octanol–water partition coefficient (Wildman–Crippen LogP) is 18.2. The maximum Gasteiger partial charge on any atom is 0.0546 e. The van der Waals surface area contributed by atoms with Crippen molar-refractivity contribution in [2.24, 2.45) is 0 Å². The van der Waals surface area contributed by atoms with E-state index in [0.29, 0.717) is 0 Å². The van der Waals surface area contributed by atoms with E-state index in [1.165, 1.54) is 75.1 Å². The van der Waals surface area contributed by atoms with Crippen LogP contribution in [0.25, 0.3) is 97.4 Å². The fourth-order valence-electron chi connectivity index (χ4n) is 9.79. The lowest BCUT2D eigenvalue weighted by Gasteiger charge is -2.32. The highest BCUT2D eigenvalue weighted by atomic mass is 32.1. The van der Waals surface area contributed by atoms with E-state index in [9.17, 15) is 0 Å². The van der Waals surface area contributed by atoms with Crippen LogP contribution in [-0.4, -0.2) is 0 Å². The molecule has 12 rings (SSSR count). The molecule has 0 amide bonds. The van der Waals surface area contributed by atoms with Gasteiger partial charge in [0.05, 0.1) is 17.1 Å². The molecule has 0 aliphatic carbocycles. The van der Waals surface area contributed by atoms with Gasteiger partial charge in [-0.05, 0) is 79.2 Å². The van der Waals surface area contributed by atoms with Gasteiger partial charge in [-0.25, -0.2) is 0 Å². The van der Waals surface area contributed by atoms with E-state index in [1.54, 1.807) is 0 Å². The molecule has 64 heavy (non-hydrogen) atoms. The van der Waals surface area contributed by atoms with Gasteiger partial charge in [0.2, 0.25) is 0 Å². The average Bonchev–Trinajstić information content (AvgIpc) is 3.76. The summed E-state index contributed by atoms with van der Waals surface area (Å²) in [4.78, 5) is 2.55. The van der Waals surface area contributed by atoms with Crippen molar-refractivity contribution < 1.29 is 0 Å². The van der Waals surface area contributed by atoms with Crippen molar-refractivity contribution in [1.29, 1.82) is 0 Å². The third-order valence-corrected chi connectivity index (χ3v) is 13.9. The molecular weight excluding hydrogens is 791 g/mol. The first kappa shape index (κ1) is 37.7. The smallest absolute Gasteiger partial charge is 0.0546 e. The molecular formula is C62H41NS. The monoisotopic (exact) mass is 831 g/mol. The predicted molar refractivity (Wildman–Crippen MR) is 276 cm³/mol. The van der Waals surface area contributed by atoms with Crippen molar-refractivity contribution in [2.45, 2.75) is 0 Å². The molecule has 0 saturated heterocycles. The summed E-state index contributed by atoms with van der Waals surface area (Å²) in [6.45, 7) is 0. The Morgan fingerprint density at radius 1 is 0.266 bits per heavy atom. The Kier molecular flexibility index (Phi) is 9.43. The van der Waals surface area contributed by atoms with Crippen molar-refractivity contribution >= 4 is 70.1 Å². The second-order valence-corrected chi connectivity index (χ2v) is 17.4. The Bertz CT molecular complexity index is 3670. The summed E-state index contributed by atoms with van der Waals surface area (Å²) in [6.07, 6.45) is 0. The number of nitrogens with zero attached hydrogens (tertiary/aromatic N) is 1. The highest BCUT2D eigenvalue weighted by molar-refractivity contribution is 7.26. The molecule has 0 fully saturated rings. The lowest BCUT2D eigenvalue weighted by Crippen LogP contribution is -2.14. The van der Waals surface area contributed by atoms with Gasteiger partial charge in [-0.1, -0.05) is 224 Å². The number of benzene rings is 11. The molecule has 2 heteroatoms. The van der Waals surface area contributed by atoms with E-state index in [-0.39, 0.29) is 0 Å². The molecule has 0 bridgehead atoms. The molecule has 0 saturated carbocycles. The maximum absolute atomic E-state index is 2.55. The van der Waals surface area contributed by atoms with E-state index >= 15 is 0 Å². The SMILES string of the molecule is c1ccc(-c2ccc(-c3cccc4ccccc34)cc2N(c2ccccc2-c2cccc3c2sc2ccccc23)c2ccccc2-c2cccc3cccc(-c4ccccc4)c23)cc1. The fraction of sp³-hybridized carbons (Fsp3) is 0. The van der Waals surface area contributed by atoms with E-state index in [0.717, 1.165) is 39.3 Å². The molecule has 12 aromatic rings. The van der Waals surface area contributed by atoms with Gasteiger partial charge in [0.25, 0.3) is 0 Å². The van der Waals surface area contributed by atoms with Crippen LogP contribution in [0, 0.1) is 0 Å². The second kappa shape index (κ2) is 16.0. The summed E-state index contributed by atoms with van der Waals surface area (Å²) >= 11 is 1.88. The van der Waals surface area contributed by atoms with Crippen LogP contribution in [0.1, 0.15) is 0 Å². The molecule has 1 aromatic heterocycles. The molecule has 11 aromatic carbocycles. The van der Waals surface area contributed by atoms with Crippen molar-refractivity contribution in [3.05, 3.63) is 249 Å². The van der Waals surface area contributed by atoms with Crippen LogP contribution < -0.4 is 4.90 Å². The Balaban J connectivity index is 1.19. The Hall–Kier alpha value is -8.04. The summed E-state index contributed by atoms with van der Waals surface area (Å²) < 4.78 is 2.59. The number of fused-ring (bicyclic) bond motifs is 5. The lowest BCUT2D eigenvalue weighted by molar-refractivity contribution is 1.29. The third kappa shape index (κ3) is 6.47. The second-order valence-electron chi connectivity index (χ2n) is 16.4. The topological polar surface area (TPSA) is 3.24 Å². The zero-order valence-corrected chi connectivity index (χ0v) is 35.8. The molecule has 0 aliphatic rings. The number of hydrogen-bond acceptors (Lipinski definition) is 2. The van der Waals surface area contributed by atoms with Gasteiger partial charge in [-0.2, -0.15) is 0 Å². The molecule has 300 valence electrons. The van der Waals surface area contributed by atoms with E-state index in [4.69, 9.17) is 0 Å². The largest absolute Gasteiger partial charge is 0.309 e. The van der Waals surface area contributed by atoms with Crippen molar-refractivity contribution in [1.82, 2.24) is 0 Å². The summed E-state index contributed by atoms with van der Waals surface area (Å²) in [7, 11) is 0. The van der Waals surface area contributed by atoms with Gasteiger partial charge >= 0.3 is 0 Å². The van der Waals surface area contributed by atoms with Crippen molar-refractivity contribution in [2.75, 3.05) is 4.90 Å². The van der Waals surface area contributed by atoms with Crippen LogP contribution >= 0.6 is 11.3 Å². The van der Waals surface area contributed by atoms with Gasteiger partial charge < -0.3 is 4.90 Å². The molecule has 0 atom stereocenters. The molecule has 0 N–H and O–H groups in total. The van der Waals surface area contributed by atoms with Gasteiger partial charge in [-0.15, -0.1) is 11.3 Å². The number of hydrogen-bond donors (Lipinski definition) is 0. The van der Waals surface area contributed by atoms with Crippen LogP contribution in [0.15, 0.2) is 249 Å². The molecule has 1 nitrogen and oxygen atoms in total. The first-order valence-electron chi connectivity index (χ1n) is 21.9. The normalized spacial score (nSPS) is 11.4. The van der Waals surface area contributed by atoms with Gasteiger partial charge in [0.1, 0.15) is 0 Å². The quantitative estimate of drug-likeness (QED) is 0.147. The highest BCUT2D eigenvalue weighted by Crippen LogP contribution is 2.51. The highest BCUT2D eigenvalue weighted by Gasteiger charge is 2.26. The maximum atomic E-state index is 2.55.